The molecule has 0 saturated carbocycles. The van der Waals surface area contributed by atoms with Crippen LogP contribution < -0.4 is 20.1 Å². The molecule has 2 aromatic carbocycles. The highest BCUT2D eigenvalue weighted by molar-refractivity contribution is 7.99. The largest absolute Gasteiger partial charge is 0.497 e. The van der Waals surface area contributed by atoms with E-state index in [-0.39, 0.29) is 29.5 Å². The van der Waals surface area contributed by atoms with Gasteiger partial charge in [0, 0.05) is 17.1 Å². The zero-order chi connectivity index (χ0) is 26.2. The number of hydrogen-bond acceptors (Lipinski definition) is 7. The third-order valence-electron chi connectivity index (χ3n) is 5.41. The zero-order valence-electron chi connectivity index (χ0n) is 20.9. The van der Waals surface area contributed by atoms with Crippen molar-refractivity contribution in [3.63, 3.8) is 0 Å². The van der Waals surface area contributed by atoms with Crippen LogP contribution in [0.2, 0.25) is 5.02 Å². The molecule has 36 heavy (non-hydrogen) atoms. The molecule has 0 fully saturated rings. The summed E-state index contributed by atoms with van der Waals surface area (Å²) in [5.41, 5.74) is 1.01. The molecule has 0 aliphatic rings. The number of methoxy groups -OCH3 is 2. The Bertz CT molecular complexity index is 1200. The zero-order valence-corrected chi connectivity index (χ0v) is 22.4. The van der Waals surface area contributed by atoms with Crippen molar-refractivity contribution in [1.82, 2.24) is 20.1 Å². The second kappa shape index (κ2) is 12.6. The average Bonchev–Trinajstić information content (AvgIpc) is 3.28. The molecule has 2 N–H and O–H groups in total. The Labute approximate surface area is 219 Å². The van der Waals surface area contributed by atoms with Crippen LogP contribution in [0.1, 0.15) is 43.0 Å². The van der Waals surface area contributed by atoms with Crippen molar-refractivity contribution < 1.29 is 19.1 Å². The van der Waals surface area contributed by atoms with Crippen molar-refractivity contribution in [3.8, 4) is 11.5 Å². The molecule has 192 valence electrons. The van der Waals surface area contributed by atoms with E-state index >= 15 is 0 Å². The lowest BCUT2D eigenvalue weighted by Gasteiger charge is -2.22. The van der Waals surface area contributed by atoms with Crippen molar-refractivity contribution in [1.29, 1.82) is 0 Å². The van der Waals surface area contributed by atoms with Gasteiger partial charge in [0.25, 0.3) is 5.91 Å². The molecule has 9 nitrogen and oxygen atoms in total. The maximum Gasteiger partial charge on any atom is 0.251 e. The van der Waals surface area contributed by atoms with Crippen LogP contribution in [0.4, 0.5) is 5.69 Å². The Morgan fingerprint density at radius 3 is 2.42 bits per heavy atom. The molecule has 0 spiro atoms. The van der Waals surface area contributed by atoms with Gasteiger partial charge < -0.3 is 24.7 Å². The number of carbonyl (C=O) groups excluding carboxylic acids is 2. The number of ether oxygens (including phenoxy) is 2. The average molecular weight is 532 g/mol. The number of halogens is 1. The maximum atomic E-state index is 12.9. The Hall–Kier alpha value is -3.24. The first-order valence-electron chi connectivity index (χ1n) is 11.4. The van der Waals surface area contributed by atoms with E-state index in [1.54, 1.807) is 49.6 Å². The summed E-state index contributed by atoms with van der Waals surface area (Å²) in [6.07, 6.45) is 0. The van der Waals surface area contributed by atoms with E-state index in [9.17, 15) is 9.59 Å². The van der Waals surface area contributed by atoms with Crippen molar-refractivity contribution in [2.45, 2.75) is 38.5 Å². The van der Waals surface area contributed by atoms with Gasteiger partial charge in [-0.3, -0.25) is 9.59 Å². The van der Waals surface area contributed by atoms with E-state index in [0.29, 0.717) is 45.3 Å². The molecule has 2 amide bonds. The minimum absolute atomic E-state index is 0.0538. The lowest BCUT2D eigenvalue weighted by atomic mass is 10.0. The minimum Gasteiger partial charge on any atom is -0.497 e. The quantitative estimate of drug-likeness (QED) is 0.341. The second-order valence-electron chi connectivity index (χ2n) is 8.19. The number of nitrogens with zero attached hydrogens (tertiary/aromatic N) is 3. The summed E-state index contributed by atoms with van der Waals surface area (Å²) in [6.45, 7) is 6.56. The minimum atomic E-state index is -0.369. The van der Waals surface area contributed by atoms with Crippen LogP contribution in [0.15, 0.2) is 47.6 Å². The highest BCUT2D eigenvalue weighted by atomic mass is 35.5. The lowest BCUT2D eigenvalue weighted by molar-refractivity contribution is -0.113. The second-order valence-corrected chi connectivity index (χ2v) is 9.57. The monoisotopic (exact) mass is 531 g/mol. The number of amides is 2. The predicted octanol–water partition coefficient (Wildman–Crippen LogP) is 4.83. The van der Waals surface area contributed by atoms with Gasteiger partial charge in [-0.05, 0) is 55.3 Å². The highest BCUT2D eigenvalue weighted by Gasteiger charge is 2.26. The fourth-order valence-electron chi connectivity index (χ4n) is 3.52. The summed E-state index contributed by atoms with van der Waals surface area (Å²) in [5.74, 6) is 1.54. The van der Waals surface area contributed by atoms with Gasteiger partial charge in [-0.2, -0.15) is 0 Å². The molecule has 0 radical (unpaired) electrons. The molecule has 11 heteroatoms. The number of carbonyl (C=O) groups is 2. The van der Waals surface area contributed by atoms with Gasteiger partial charge in [-0.1, -0.05) is 37.2 Å². The van der Waals surface area contributed by atoms with Crippen molar-refractivity contribution in [3.05, 3.63) is 58.9 Å². The molecule has 0 aliphatic heterocycles. The third kappa shape index (κ3) is 6.70. The van der Waals surface area contributed by atoms with Crippen molar-refractivity contribution in [2.24, 2.45) is 5.92 Å². The summed E-state index contributed by atoms with van der Waals surface area (Å²) in [6, 6.07) is 11.6. The molecule has 3 rings (SSSR count). The Morgan fingerprint density at radius 1 is 1.08 bits per heavy atom. The smallest absolute Gasteiger partial charge is 0.251 e. The SMILES string of the molecule is CCn1c(SCC(=O)Nc2cc(Cl)ccc2OC)nnc1C(NC(=O)c1ccc(OC)cc1)C(C)C. The van der Waals surface area contributed by atoms with E-state index in [2.05, 4.69) is 20.8 Å². The van der Waals surface area contributed by atoms with Gasteiger partial charge in [0.05, 0.1) is 31.7 Å². The molecule has 0 saturated heterocycles. The number of aromatic nitrogens is 3. The van der Waals surface area contributed by atoms with Gasteiger partial charge in [0.1, 0.15) is 11.5 Å². The van der Waals surface area contributed by atoms with Gasteiger partial charge >= 0.3 is 0 Å². The molecular weight excluding hydrogens is 502 g/mol. The molecule has 1 unspecified atom stereocenters. The predicted molar refractivity (Wildman–Crippen MR) is 141 cm³/mol. The summed E-state index contributed by atoms with van der Waals surface area (Å²) < 4.78 is 12.4. The number of rotatable bonds is 11. The Balaban J connectivity index is 1.71. The summed E-state index contributed by atoms with van der Waals surface area (Å²) >= 11 is 7.31. The van der Waals surface area contributed by atoms with Crippen LogP contribution in [0.25, 0.3) is 0 Å². The van der Waals surface area contributed by atoms with Crippen molar-refractivity contribution >= 4 is 40.9 Å². The van der Waals surface area contributed by atoms with E-state index in [1.807, 2.05) is 25.3 Å². The third-order valence-corrected chi connectivity index (χ3v) is 6.62. The molecule has 1 atom stereocenters. The molecule has 1 aromatic heterocycles. The van der Waals surface area contributed by atoms with E-state index < -0.39 is 0 Å². The van der Waals surface area contributed by atoms with E-state index in [4.69, 9.17) is 21.1 Å². The van der Waals surface area contributed by atoms with Crippen LogP contribution in [0.5, 0.6) is 11.5 Å². The van der Waals surface area contributed by atoms with Gasteiger partial charge in [0.2, 0.25) is 5.91 Å². The number of benzene rings is 2. The molecule has 1 heterocycles. The van der Waals surface area contributed by atoms with Crippen LogP contribution in [-0.2, 0) is 11.3 Å². The first-order valence-corrected chi connectivity index (χ1v) is 12.8. The van der Waals surface area contributed by atoms with Gasteiger partial charge in [-0.25, -0.2) is 0 Å². The van der Waals surface area contributed by atoms with E-state index in [0.717, 1.165) is 0 Å². The number of anilines is 1. The summed E-state index contributed by atoms with van der Waals surface area (Å²) in [4.78, 5) is 25.5. The number of nitrogens with one attached hydrogen (secondary N) is 2. The first kappa shape index (κ1) is 27.3. The standard InChI is InChI=1S/C25H30ClN5O4S/c1-6-31-23(22(15(2)3)28-24(33)16-7-10-18(34-4)11-8-16)29-30-25(31)36-14-21(32)27-19-13-17(26)9-12-20(19)35-5/h7-13,15,22H,6,14H2,1-5H3,(H,27,32)(H,28,33). The van der Waals surface area contributed by atoms with Crippen LogP contribution in [0, 0.1) is 5.92 Å². The number of thioether (sulfide) groups is 1. The first-order chi connectivity index (χ1) is 17.3. The maximum absolute atomic E-state index is 12.9. The van der Waals surface area contributed by atoms with Crippen LogP contribution in [-0.4, -0.2) is 46.6 Å². The highest BCUT2D eigenvalue weighted by Crippen LogP contribution is 2.29. The molecular formula is C25H30ClN5O4S. The normalized spacial score (nSPS) is 11.8. The molecule has 3 aromatic rings. The molecule has 0 bridgehead atoms. The molecule has 0 aliphatic carbocycles. The van der Waals surface area contributed by atoms with Crippen LogP contribution >= 0.6 is 23.4 Å². The fourth-order valence-corrected chi connectivity index (χ4v) is 4.51. The summed E-state index contributed by atoms with van der Waals surface area (Å²) in [7, 11) is 3.10. The van der Waals surface area contributed by atoms with Gasteiger partial charge in [-0.15, -0.1) is 10.2 Å². The van der Waals surface area contributed by atoms with Crippen molar-refractivity contribution in [2.75, 3.05) is 25.3 Å². The summed E-state index contributed by atoms with van der Waals surface area (Å²) in [5, 5.41) is 15.6. The Morgan fingerprint density at radius 2 is 1.81 bits per heavy atom. The van der Waals surface area contributed by atoms with Crippen LogP contribution in [0.3, 0.4) is 0 Å². The topological polar surface area (TPSA) is 107 Å². The lowest BCUT2D eigenvalue weighted by Crippen LogP contribution is -2.33. The number of hydrogen-bond donors (Lipinski definition) is 2. The Kier molecular flexibility index (Phi) is 9.60. The van der Waals surface area contributed by atoms with Gasteiger partial charge in [0.15, 0.2) is 11.0 Å². The van der Waals surface area contributed by atoms with E-state index in [1.165, 1.54) is 18.9 Å². The fraction of sp³-hybridized carbons (Fsp3) is 0.360.